The van der Waals surface area contributed by atoms with Gasteiger partial charge in [-0.3, -0.25) is 19.8 Å². The number of hydrazine groups is 1. The van der Waals surface area contributed by atoms with Crippen molar-refractivity contribution in [3.8, 4) is 11.8 Å². The van der Waals surface area contributed by atoms with Crippen LogP contribution < -0.4 is 20.9 Å². The van der Waals surface area contributed by atoms with Crippen LogP contribution >= 0.6 is 0 Å². The molecular formula is C29H34FN5O4. The van der Waals surface area contributed by atoms with Gasteiger partial charge in [-0.25, -0.2) is 9.82 Å². The van der Waals surface area contributed by atoms with Gasteiger partial charge >= 0.3 is 0 Å². The zero-order chi connectivity index (χ0) is 28.3. The van der Waals surface area contributed by atoms with Crippen LogP contribution in [0.4, 0.5) is 4.39 Å². The number of hydrogen-bond donors (Lipinski definition) is 3. The van der Waals surface area contributed by atoms with E-state index in [1.54, 1.807) is 56.0 Å². The molecule has 2 fully saturated rings. The Morgan fingerprint density at radius 1 is 1.23 bits per heavy atom. The average Bonchev–Trinajstić information content (AvgIpc) is 3.37. The lowest BCUT2D eigenvalue weighted by molar-refractivity contribution is -0.135. The molecule has 0 aromatic heterocycles. The number of nitriles is 1. The number of carbonyl (C=O) groups excluding carboxylic acids is 3. The number of rotatable bonds is 7. The first-order valence-corrected chi connectivity index (χ1v) is 13.1. The molecule has 2 aliphatic heterocycles. The molecule has 206 valence electrons. The monoisotopic (exact) mass is 535 g/mol. The number of ether oxygens (including phenoxy) is 1. The molecule has 3 N–H and O–H groups in total. The van der Waals surface area contributed by atoms with Crippen molar-refractivity contribution in [3.63, 3.8) is 0 Å². The Bertz CT molecular complexity index is 1310. The molecule has 0 spiro atoms. The van der Waals surface area contributed by atoms with Gasteiger partial charge < -0.3 is 15.0 Å². The molecule has 0 radical (unpaired) electrons. The first-order chi connectivity index (χ1) is 18.5. The summed E-state index contributed by atoms with van der Waals surface area (Å²) in [5.41, 5.74) is 6.30. The average molecular weight is 536 g/mol. The molecule has 0 saturated carbocycles. The van der Waals surface area contributed by atoms with Crippen molar-refractivity contribution >= 4 is 17.7 Å². The molecule has 2 unspecified atom stereocenters. The summed E-state index contributed by atoms with van der Waals surface area (Å²) < 4.78 is 19.9. The third-order valence-corrected chi connectivity index (χ3v) is 7.44. The first kappa shape index (κ1) is 28.0. The highest BCUT2D eigenvalue weighted by atomic mass is 19.1. The lowest BCUT2D eigenvalue weighted by atomic mass is 9.84. The Kier molecular flexibility index (Phi) is 8.21. The minimum absolute atomic E-state index is 0.0602. The van der Waals surface area contributed by atoms with Gasteiger partial charge in [0.1, 0.15) is 11.6 Å². The van der Waals surface area contributed by atoms with Crippen LogP contribution in [-0.2, 0) is 9.59 Å². The van der Waals surface area contributed by atoms with Crippen LogP contribution in [0.5, 0.6) is 5.75 Å². The fourth-order valence-corrected chi connectivity index (χ4v) is 5.27. The normalized spacial score (nSPS) is 23.1. The highest BCUT2D eigenvalue weighted by Gasteiger charge is 2.45. The van der Waals surface area contributed by atoms with E-state index in [0.717, 1.165) is 0 Å². The van der Waals surface area contributed by atoms with Crippen LogP contribution in [0.1, 0.15) is 67.6 Å². The van der Waals surface area contributed by atoms with Gasteiger partial charge in [0.15, 0.2) is 6.10 Å². The van der Waals surface area contributed by atoms with Gasteiger partial charge in [-0.15, -0.1) is 0 Å². The van der Waals surface area contributed by atoms with Crippen LogP contribution in [0.25, 0.3) is 0 Å². The van der Waals surface area contributed by atoms with Crippen molar-refractivity contribution < 1.29 is 23.5 Å². The zero-order valence-corrected chi connectivity index (χ0v) is 22.6. The molecule has 4 atom stereocenters. The maximum absolute atomic E-state index is 14.0. The molecule has 2 aromatic rings. The number of nitrogens with one attached hydrogen (secondary N) is 3. The highest BCUT2D eigenvalue weighted by Crippen LogP contribution is 2.43. The minimum Gasteiger partial charge on any atom is -0.480 e. The van der Waals surface area contributed by atoms with Gasteiger partial charge in [0.25, 0.3) is 11.8 Å². The van der Waals surface area contributed by atoms with Gasteiger partial charge in [0.2, 0.25) is 5.91 Å². The smallest absolute Gasteiger partial charge is 0.275 e. The van der Waals surface area contributed by atoms with E-state index < -0.39 is 29.3 Å². The first-order valence-electron chi connectivity index (χ1n) is 13.1. The number of halogens is 1. The minimum atomic E-state index is -0.822. The number of benzene rings is 2. The molecule has 0 aliphatic carbocycles. The number of amides is 3. The van der Waals surface area contributed by atoms with Crippen LogP contribution in [-0.4, -0.2) is 47.4 Å². The summed E-state index contributed by atoms with van der Waals surface area (Å²) in [5.74, 6) is -0.943. The maximum Gasteiger partial charge on any atom is 0.275 e. The van der Waals surface area contributed by atoms with Crippen molar-refractivity contribution in [2.45, 2.75) is 71.2 Å². The lowest BCUT2D eigenvalue weighted by Crippen LogP contribution is -2.56. The van der Waals surface area contributed by atoms with Gasteiger partial charge in [-0.2, -0.15) is 5.26 Å². The van der Waals surface area contributed by atoms with Crippen molar-refractivity contribution in [1.82, 2.24) is 21.1 Å². The van der Waals surface area contributed by atoms with Crippen molar-refractivity contribution in [1.29, 1.82) is 5.26 Å². The molecule has 9 nitrogen and oxygen atoms in total. The quantitative estimate of drug-likeness (QED) is 0.500. The van der Waals surface area contributed by atoms with Crippen LogP contribution in [0.15, 0.2) is 42.5 Å². The van der Waals surface area contributed by atoms with E-state index in [9.17, 15) is 24.0 Å². The van der Waals surface area contributed by atoms with Crippen LogP contribution in [0.3, 0.4) is 0 Å². The fraction of sp³-hybridized carbons (Fsp3) is 0.448. The van der Waals surface area contributed by atoms with E-state index in [4.69, 9.17) is 4.74 Å². The predicted molar refractivity (Wildman–Crippen MR) is 142 cm³/mol. The Balaban J connectivity index is 1.45. The van der Waals surface area contributed by atoms with Crippen molar-refractivity contribution in [3.05, 3.63) is 65.0 Å². The summed E-state index contributed by atoms with van der Waals surface area (Å²) in [7, 11) is 0. The fourth-order valence-electron chi connectivity index (χ4n) is 5.27. The van der Waals surface area contributed by atoms with E-state index >= 15 is 0 Å². The van der Waals surface area contributed by atoms with Gasteiger partial charge in [-0.05, 0) is 82.0 Å². The molecule has 3 amide bonds. The molecule has 2 aromatic carbocycles. The molecular weight excluding hydrogens is 501 g/mol. The summed E-state index contributed by atoms with van der Waals surface area (Å²) in [6, 6.07) is 12.6. The van der Waals surface area contributed by atoms with Gasteiger partial charge in [0, 0.05) is 18.0 Å². The van der Waals surface area contributed by atoms with E-state index in [0.29, 0.717) is 41.7 Å². The van der Waals surface area contributed by atoms with E-state index in [2.05, 4.69) is 22.2 Å². The highest BCUT2D eigenvalue weighted by molar-refractivity contribution is 5.97. The molecule has 10 heteroatoms. The second-order valence-electron chi connectivity index (χ2n) is 10.8. The summed E-state index contributed by atoms with van der Waals surface area (Å²) in [6.07, 6.45) is 1.05. The topological polar surface area (TPSA) is 124 Å². The van der Waals surface area contributed by atoms with Gasteiger partial charge in [-0.1, -0.05) is 12.1 Å². The van der Waals surface area contributed by atoms with E-state index in [1.165, 1.54) is 12.1 Å². The Labute approximate surface area is 227 Å². The standard InChI is InChI=1S/C29H34FN5O4/c1-17-12-20(8-10-23(17)39-24-13-18(2)33-34-28(24)38)27(37)32-15-26(36)35-22(19-6-5-7-21(30)14-19)9-11-25(35)29(3,4)16-31/h5-8,10,12,14,18,22,24-25,33H,9,11,13,15H2,1-4H3,(H,32,37)(H,34,38)/t18?,22-,24?,25+/m0/s1. The second kappa shape index (κ2) is 11.4. The molecule has 2 heterocycles. The van der Waals surface area contributed by atoms with Crippen LogP contribution in [0, 0.1) is 29.5 Å². The van der Waals surface area contributed by atoms with E-state index in [-0.39, 0.29) is 30.4 Å². The summed E-state index contributed by atoms with van der Waals surface area (Å²) >= 11 is 0. The Morgan fingerprint density at radius 2 is 2.00 bits per heavy atom. The van der Waals surface area contributed by atoms with E-state index in [1.807, 2.05) is 6.92 Å². The molecule has 39 heavy (non-hydrogen) atoms. The summed E-state index contributed by atoms with van der Waals surface area (Å²) in [4.78, 5) is 40.1. The zero-order valence-electron chi connectivity index (χ0n) is 22.6. The second-order valence-corrected chi connectivity index (χ2v) is 10.8. The third kappa shape index (κ3) is 6.20. The molecule has 0 bridgehead atoms. The Morgan fingerprint density at radius 3 is 2.69 bits per heavy atom. The summed E-state index contributed by atoms with van der Waals surface area (Å²) in [6.45, 7) is 7.01. The molecule has 2 aliphatic rings. The molecule has 2 saturated heterocycles. The summed E-state index contributed by atoms with van der Waals surface area (Å²) in [5, 5.41) is 12.4. The maximum atomic E-state index is 14.0. The number of likely N-dealkylation sites (tertiary alicyclic amines) is 1. The third-order valence-electron chi connectivity index (χ3n) is 7.44. The molecule has 4 rings (SSSR count). The predicted octanol–water partition coefficient (Wildman–Crippen LogP) is 3.31. The lowest BCUT2D eigenvalue weighted by Gasteiger charge is -2.36. The van der Waals surface area contributed by atoms with Gasteiger partial charge in [0.05, 0.1) is 30.1 Å². The number of hydrogen-bond acceptors (Lipinski definition) is 6. The number of aryl methyl sites for hydroxylation is 1. The SMILES string of the molecule is Cc1cc(C(=O)NCC(=O)N2[C@H](c3cccc(F)c3)CC[C@@H]2C(C)(C)C#N)ccc1OC1CC(C)NNC1=O. The number of carbonyl (C=O) groups is 3. The van der Waals surface area contributed by atoms with Crippen molar-refractivity contribution in [2.75, 3.05) is 6.54 Å². The van der Waals surface area contributed by atoms with Crippen LogP contribution in [0.2, 0.25) is 0 Å². The number of nitrogens with zero attached hydrogens (tertiary/aromatic N) is 2. The largest absolute Gasteiger partial charge is 0.480 e. The Hall–Kier alpha value is -3.97. The van der Waals surface area contributed by atoms with Crippen molar-refractivity contribution in [2.24, 2.45) is 5.41 Å².